The fourth-order valence-electron chi connectivity index (χ4n) is 3.12. The molecule has 2 N–H and O–H groups in total. The average molecular weight is 394 g/mol. The van der Waals surface area contributed by atoms with E-state index in [1.54, 1.807) is 12.5 Å². The number of urea groups is 1. The smallest absolute Gasteiger partial charge is 0.319 e. The number of imidazole rings is 1. The minimum Gasteiger partial charge on any atom is -0.335 e. The minimum absolute atomic E-state index is 0.0564. The maximum atomic E-state index is 12.6. The van der Waals surface area contributed by atoms with Gasteiger partial charge in [-0.3, -0.25) is 0 Å². The van der Waals surface area contributed by atoms with E-state index in [4.69, 9.17) is 0 Å². The van der Waals surface area contributed by atoms with Crippen LogP contribution < -0.4 is 10.6 Å². The standard InChI is InChI=1S/C20H26N8O/c1-20(2,3)17(12-27-11-10-21-13-27)23-19(29)22-15-6-4-14(5-7-15)18-24-25-26-28(18)16-8-9-16/h4-7,10-11,13,16-17H,8-9,12H2,1-3H3,(H2,22,23,29)/t17-/m1/s1. The maximum absolute atomic E-state index is 12.6. The number of hydrogen-bond donors (Lipinski definition) is 2. The van der Waals surface area contributed by atoms with Crippen LogP contribution in [0.5, 0.6) is 0 Å². The molecule has 3 aromatic rings. The lowest BCUT2D eigenvalue weighted by Gasteiger charge is -2.31. The lowest BCUT2D eigenvalue weighted by molar-refractivity contribution is 0.219. The van der Waals surface area contributed by atoms with E-state index in [0.717, 1.165) is 24.2 Å². The summed E-state index contributed by atoms with van der Waals surface area (Å²) in [7, 11) is 0. The quantitative estimate of drug-likeness (QED) is 0.669. The van der Waals surface area contributed by atoms with Gasteiger partial charge in [0.25, 0.3) is 0 Å². The van der Waals surface area contributed by atoms with Crippen LogP contribution >= 0.6 is 0 Å². The highest BCUT2D eigenvalue weighted by Crippen LogP contribution is 2.36. The topological polar surface area (TPSA) is 103 Å². The molecule has 0 unspecified atom stereocenters. The molecule has 0 radical (unpaired) electrons. The van der Waals surface area contributed by atoms with Crippen LogP contribution in [0.3, 0.4) is 0 Å². The largest absolute Gasteiger partial charge is 0.335 e. The van der Waals surface area contributed by atoms with Gasteiger partial charge in [0.15, 0.2) is 5.82 Å². The van der Waals surface area contributed by atoms with E-state index in [1.807, 2.05) is 39.7 Å². The van der Waals surface area contributed by atoms with E-state index >= 15 is 0 Å². The number of hydrogen-bond acceptors (Lipinski definition) is 5. The Morgan fingerprint density at radius 1 is 1.24 bits per heavy atom. The summed E-state index contributed by atoms with van der Waals surface area (Å²) in [6.45, 7) is 6.97. The molecule has 2 heterocycles. The SMILES string of the molecule is CC(C)(C)[C@@H](Cn1ccnc1)NC(=O)Nc1ccc(-c2nnnn2C2CC2)cc1. The molecular formula is C20H26N8O. The van der Waals surface area contributed by atoms with Crippen molar-refractivity contribution in [3.05, 3.63) is 43.0 Å². The second-order valence-corrected chi connectivity index (χ2v) is 8.53. The van der Waals surface area contributed by atoms with Crippen molar-refractivity contribution in [2.45, 2.75) is 52.2 Å². The summed E-state index contributed by atoms with van der Waals surface area (Å²) >= 11 is 0. The molecule has 29 heavy (non-hydrogen) atoms. The Kier molecular flexibility index (Phi) is 5.04. The van der Waals surface area contributed by atoms with Gasteiger partial charge in [-0.25, -0.2) is 14.5 Å². The molecule has 1 aliphatic carbocycles. The fraction of sp³-hybridized carbons (Fsp3) is 0.450. The van der Waals surface area contributed by atoms with Gasteiger partial charge >= 0.3 is 6.03 Å². The number of carbonyl (C=O) groups excluding carboxylic acids is 1. The molecule has 2 aromatic heterocycles. The van der Waals surface area contributed by atoms with Gasteiger partial charge < -0.3 is 15.2 Å². The third-order valence-corrected chi connectivity index (χ3v) is 5.09. The van der Waals surface area contributed by atoms with Gasteiger partial charge in [-0.2, -0.15) is 0 Å². The van der Waals surface area contributed by atoms with E-state index in [1.165, 1.54) is 0 Å². The van der Waals surface area contributed by atoms with Crippen molar-refractivity contribution >= 4 is 11.7 Å². The van der Waals surface area contributed by atoms with Gasteiger partial charge in [0.1, 0.15) is 0 Å². The summed E-state index contributed by atoms with van der Waals surface area (Å²) in [4.78, 5) is 16.7. The number of nitrogens with zero attached hydrogens (tertiary/aromatic N) is 6. The zero-order valence-corrected chi connectivity index (χ0v) is 16.9. The van der Waals surface area contributed by atoms with Crippen molar-refractivity contribution in [1.82, 2.24) is 35.1 Å². The number of nitrogens with one attached hydrogen (secondary N) is 2. The number of anilines is 1. The van der Waals surface area contributed by atoms with Crippen molar-refractivity contribution in [3.63, 3.8) is 0 Å². The van der Waals surface area contributed by atoms with E-state index in [0.29, 0.717) is 18.3 Å². The molecule has 1 fully saturated rings. The molecule has 9 heteroatoms. The maximum Gasteiger partial charge on any atom is 0.319 e. The summed E-state index contributed by atoms with van der Waals surface area (Å²) in [6.07, 6.45) is 7.62. The molecule has 0 saturated heterocycles. The molecule has 1 aromatic carbocycles. The molecule has 1 aliphatic rings. The van der Waals surface area contributed by atoms with Crippen LogP contribution in [0.2, 0.25) is 0 Å². The van der Waals surface area contributed by atoms with Crippen molar-refractivity contribution in [2.75, 3.05) is 5.32 Å². The van der Waals surface area contributed by atoms with E-state index in [9.17, 15) is 4.79 Å². The summed E-state index contributed by atoms with van der Waals surface area (Å²) in [5.74, 6) is 0.761. The van der Waals surface area contributed by atoms with Crippen LogP contribution in [0.4, 0.5) is 10.5 Å². The molecule has 4 rings (SSSR count). The minimum atomic E-state index is -0.236. The summed E-state index contributed by atoms with van der Waals surface area (Å²) in [5.41, 5.74) is 1.54. The zero-order chi connectivity index (χ0) is 20.4. The normalized spacial score (nSPS) is 15.1. The Balaban J connectivity index is 1.40. The molecule has 9 nitrogen and oxygen atoms in total. The zero-order valence-electron chi connectivity index (χ0n) is 16.9. The molecule has 2 amide bonds. The summed E-state index contributed by atoms with van der Waals surface area (Å²) in [6, 6.07) is 7.69. The number of benzene rings is 1. The number of amides is 2. The highest BCUT2D eigenvalue weighted by molar-refractivity contribution is 5.89. The lowest BCUT2D eigenvalue weighted by Crippen LogP contribution is -2.47. The van der Waals surface area contributed by atoms with Crippen LogP contribution in [-0.2, 0) is 6.54 Å². The first-order chi connectivity index (χ1) is 13.9. The summed E-state index contributed by atoms with van der Waals surface area (Å²) < 4.78 is 3.84. The third-order valence-electron chi connectivity index (χ3n) is 5.09. The first-order valence-corrected chi connectivity index (χ1v) is 9.82. The number of aromatic nitrogens is 6. The Bertz CT molecular complexity index is 951. The van der Waals surface area contributed by atoms with Crippen molar-refractivity contribution < 1.29 is 4.79 Å². The van der Waals surface area contributed by atoms with Crippen molar-refractivity contribution in [3.8, 4) is 11.4 Å². The molecule has 1 atom stereocenters. The van der Waals surface area contributed by atoms with Gasteiger partial charge in [0, 0.05) is 30.2 Å². The second kappa shape index (κ2) is 7.65. The van der Waals surface area contributed by atoms with Gasteiger partial charge in [0.05, 0.1) is 18.4 Å². The number of carbonyl (C=O) groups is 1. The first-order valence-electron chi connectivity index (χ1n) is 9.82. The number of tetrazole rings is 1. The van der Waals surface area contributed by atoms with Crippen LogP contribution in [-0.4, -0.2) is 41.8 Å². The first kappa shape index (κ1) is 19.1. The molecule has 0 aliphatic heterocycles. The van der Waals surface area contributed by atoms with E-state index < -0.39 is 0 Å². The van der Waals surface area contributed by atoms with Crippen molar-refractivity contribution in [2.24, 2.45) is 5.41 Å². The number of rotatable bonds is 6. The molecular weight excluding hydrogens is 368 g/mol. The fourth-order valence-corrected chi connectivity index (χ4v) is 3.12. The Morgan fingerprint density at radius 3 is 2.62 bits per heavy atom. The predicted molar refractivity (Wildman–Crippen MR) is 109 cm³/mol. The Morgan fingerprint density at radius 2 is 2.00 bits per heavy atom. The van der Waals surface area contributed by atoms with Crippen LogP contribution in [0, 0.1) is 5.41 Å². The Labute approximate surface area is 169 Å². The van der Waals surface area contributed by atoms with E-state index in [-0.39, 0.29) is 17.5 Å². The highest BCUT2D eigenvalue weighted by Gasteiger charge is 2.28. The highest BCUT2D eigenvalue weighted by atomic mass is 16.2. The lowest BCUT2D eigenvalue weighted by atomic mass is 9.86. The average Bonchev–Trinajstić information content (AvgIpc) is 3.17. The van der Waals surface area contributed by atoms with E-state index in [2.05, 4.69) is 51.9 Å². The van der Waals surface area contributed by atoms with Gasteiger partial charge in [-0.15, -0.1) is 5.10 Å². The molecule has 0 bridgehead atoms. The third kappa shape index (κ3) is 4.61. The van der Waals surface area contributed by atoms with Gasteiger partial charge in [-0.1, -0.05) is 20.8 Å². The van der Waals surface area contributed by atoms with Gasteiger partial charge in [-0.05, 0) is 52.9 Å². The molecule has 0 spiro atoms. The van der Waals surface area contributed by atoms with Crippen LogP contribution in [0.25, 0.3) is 11.4 Å². The van der Waals surface area contributed by atoms with Crippen molar-refractivity contribution in [1.29, 1.82) is 0 Å². The second-order valence-electron chi connectivity index (χ2n) is 8.53. The van der Waals surface area contributed by atoms with Crippen LogP contribution in [0.15, 0.2) is 43.0 Å². The van der Waals surface area contributed by atoms with Gasteiger partial charge in [0.2, 0.25) is 0 Å². The molecule has 1 saturated carbocycles. The predicted octanol–water partition coefficient (Wildman–Crippen LogP) is 3.11. The van der Waals surface area contributed by atoms with Crippen LogP contribution in [0.1, 0.15) is 39.7 Å². The monoisotopic (exact) mass is 394 g/mol. The summed E-state index contributed by atoms with van der Waals surface area (Å²) in [5, 5.41) is 18.0. The Hall–Kier alpha value is -3.23. The molecule has 152 valence electrons.